The second-order valence-electron chi connectivity index (χ2n) is 3.12. The Hall–Kier alpha value is -0.290. The molecule has 1 heterocycles. The van der Waals surface area contributed by atoms with E-state index >= 15 is 0 Å². The van der Waals surface area contributed by atoms with Crippen molar-refractivity contribution < 1.29 is 13.2 Å². The first-order valence-electron chi connectivity index (χ1n) is 4.08. The highest BCUT2D eigenvalue weighted by Crippen LogP contribution is 2.17. The van der Waals surface area contributed by atoms with Crippen molar-refractivity contribution in [2.75, 3.05) is 11.5 Å². The topological polar surface area (TPSA) is 63.2 Å². The Labute approximate surface area is 82.6 Å². The normalized spacial score (nSPS) is 31.5. The van der Waals surface area contributed by atoms with Gasteiger partial charge in [-0.3, -0.25) is 4.79 Å². The maximum atomic E-state index is 11.1. The number of alkyl halides is 1. The van der Waals surface area contributed by atoms with Gasteiger partial charge in [0.1, 0.15) is 0 Å². The lowest BCUT2D eigenvalue weighted by Gasteiger charge is -2.12. The molecule has 0 aromatic carbocycles. The summed E-state index contributed by atoms with van der Waals surface area (Å²) in [6.45, 7) is 1.71. The molecule has 0 aromatic heterocycles. The average Bonchev–Trinajstić information content (AvgIpc) is 2.24. The average molecular weight is 226 g/mol. The molecule has 0 saturated carbocycles. The molecule has 1 saturated heterocycles. The number of sulfone groups is 1. The van der Waals surface area contributed by atoms with Gasteiger partial charge < -0.3 is 5.32 Å². The van der Waals surface area contributed by atoms with E-state index in [2.05, 4.69) is 5.32 Å². The van der Waals surface area contributed by atoms with Crippen LogP contribution in [-0.2, 0) is 14.6 Å². The van der Waals surface area contributed by atoms with Crippen molar-refractivity contribution >= 4 is 27.3 Å². The highest BCUT2D eigenvalue weighted by atomic mass is 35.5. The lowest BCUT2D eigenvalue weighted by atomic mass is 10.2. The van der Waals surface area contributed by atoms with Crippen LogP contribution in [0.15, 0.2) is 0 Å². The molecule has 1 aliphatic rings. The smallest absolute Gasteiger partial charge is 0.220 e. The van der Waals surface area contributed by atoms with Crippen molar-refractivity contribution in [3.8, 4) is 0 Å². The van der Waals surface area contributed by atoms with Gasteiger partial charge in [0.05, 0.1) is 22.9 Å². The van der Waals surface area contributed by atoms with Gasteiger partial charge in [-0.2, -0.15) is 0 Å². The molecule has 1 N–H and O–H groups in total. The predicted octanol–water partition coefficient (Wildman–Crippen LogP) is -0.0830. The van der Waals surface area contributed by atoms with Crippen LogP contribution in [0.2, 0.25) is 0 Å². The van der Waals surface area contributed by atoms with E-state index in [9.17, 15) is 13.2 Å². The molecule has 0 unspecified atom stereocenters. The van der Waals surface area contributed by atoms with Crippen LogP contribution in [0, 0.1) is 0 Å². The number of rotatable bonds is 2. The quantitative estimate of drug-likeness (QED) is 0.669. The van der Waals surface area contributed by atoms with E-state index in [1.165, 1.54) is 0 Å². The third kappa shape index (κ3) is 2.84. The molecule has 2 atom stereocenters. The minimum atomic E-state index is -3.05. The number of hydrogen-bond acceptors (Lipinski definition) is 3. The number of halogens is 1. The first kappa shape index (κ1) is 10.8. The second kappa shape index (κ2) is 3.84. The van der Waals surface area contributed by atoms with Gasteiger partial charge in [-0.1, -0.05) is 6.92 Å². The van der Waals surface area contributed by atoms with E-state index < -0.39 is 21.3 Å². The van der Waals surface area contributed by atoms with Crippen LogP contribution in [0.3, 0.4) is 0 Å². The number of amides is 1. The first-order chi connectivity index (χ1) is 5.94. The lowest BCUT2D eigenvalue weighted by molar-refractivity contribution is -0.121. The highest BCUT2D eigenvalue weighted by molar-refractivity contribution is 7.91. The van der Waals surface area contributed by atoms with Crippen LogP contribution < -0.4 is 5.32 Å². The minimum absolute atomic E-state index is 0.0348. The minimum Gasteiger partial charge on any atom is -0.351 e. The number of hydrogen-bond donors (Lipinski definition) is 1. The maximum absolute atomic E-state index is 11.1. The molecule has 4 nitrogen and oxygen atoms in total. The van der Waals surface area contributed by atoms with E-state index in [4.69, 9.17) is 11.6 Å². The van der Waals surface area contributed by atoms with Gasteiger partial charge in [-0.05, 0) is 0 Å². The third-order valence-corrected chi connectivity index (χ3v) is 4.33. The number of nitrogens with one attached hydrogen (secondary N) is 1. The van der Waals surface area contributed by atoms with Crippen molar-refractivity contribution in [1.82, 2.24) is 5.32 Å². The Morgan fingerprint density at radius 3 is 2.54 bits per heavy atom. The van der Waals surface area contributed by atoms with Gasteiger partial charge in [-0.15, -0.1) is 11.6 Å². The molecule has 0 radical (unpaired) electrons. The fourth-order valence-corrected chi connectivity index (χ4v) is 3.80. The number of carbonyl (C=O) groups is 1. The van der Waals surface area contributed by atoms with E-state index in [1.807, 2.05) is 0 Å². The summed E-state index contributed by atoms with van der Waals surface area (Å²) in [5.41, 5.74) is 0. The summed E-state index contributed by atoms with van der Waals surface area (Å²) in [5.74, 6) is -0.233. The molecule has 76 valence electrons. The monoisotopic (exact) mass is 225 g/mol. The Morgan fingerprint density at radius 1 is 1.54 bits per heavy atom. The zero-order valence-corrected chi connectivity index (χ0v) is 8.86. The maximum Gasteiger partial charge on any atom is 0.220 e. The molecule has 0 aromatic rings. The summed E-state index contributed by atoms with van der Waals surface area (Å²) in [5, 5.41) is 2.10. The molecule has 0 bridgehead atoms. The largest absolute Gasteiger partial charge is 0.351 e. The molecule has 0 aliphatic carbocycles. The Balaban J connectivity index is 2.59. The number of carbonyl (C=O) groups excluding carboxylic acids is 1. The lowest BCUT2D eigenvalue weighted by Crippen LogP contribution is -2.40. The molecular formula is C7H12ClNO3S. The van der Waals surface area contributed by atoms with Crippen LogP contribution in [0.4, 0.5) is 0 Å². The van der Waals surface area contributed by atoms with Crippen molar-refractivity contribution in [2.24, 2.45) is 0 Å². The summed E-state index contributed by atoms with van der Waals surface area (Å²) < 4.78 is 22.2. The fourth-order valence-electron chi connectivity index (χ4n) is 1.25. The van der Waals surface area contributed by atoms with E-state index in [0.717, 1.165) is 0 Å². The molecule has 13 heavy (non-hydrogen) atoms. The van der Waals surface area contributed by atoms with Crippen LogP contribution in [0.5, 0.6) is 0 Å². The summed E-state index contributed by atoms with van der Waals surface area (Å²) in [4.78, 5) is 11.0. The zero-order chi connectivity index (χ0) is 10.1. The van der Waals surface area contributed by atoms with Crippen molar-refractivity contribution in [3.05, 3.63) is 0 Å². The van der Waals surface area contributed by atoms with E-state index in [-0.39, 0.29) is 17.4 Å². The summed E-state index contributed by atoms with van der Waals surface area (Å²) >= 11 is 5.77. The van der Waals surface area contributed by atoms with Gasteiger partial charge in [0.2, 0.25) is 5.91 Å². The third-order valence-electron chi connectivity index (χ3n) is 1.95. The first-order valence-corrected chi connectivity index (χ1v) is 6.34. The standard InChI is InChI=1S/C7H12ClNO3S/c1-2-7(10)9-6-4-13(11,12)3-5(6)8/h5-6H,2-4H2,1H3,(H,9,10)/t5-,6+/m0/s1. The summed E-state index contributed by atoms with van der Waals surface area (Å²) in [6.07, 6.45) is 0.347. The van der Waals surface area contributed by atoms with Crippen molar-refractivity contribution in [1.29, 1.82) is 0 Å². The molecule has 1 amide bonds. The van der Waals surface area contributed by atoms with E-state index in [0.29, 0.717) is 6.42 Å². The zero-order valence-electron chi connectivity index (χ0n) is 7.29. The fraction of sp³-hybridized carbons (Fsp3) is 0.857. The summed E-state index contributed by atoms with van der Waals surface area (Å²) in [7, 11) is -3.05. The molecule has 0 spiro atoms. The van der Waals surface area contributed by atoms with Crippen molar-refractivity contribution in [2.45, 2.75) is 24.8 Å². The molecule has 1 fully saturated rings. The Kier molecular flexibility index (Phi) is 3.18. The molecule has 6 heteroatoms. The van der Waals surface area contributed by atoms with Crippen molar-refractivity contribution in [3.63, 3.8) is 0 Å². The van der Waals surface area contributed by atoms with Crippen LogP contribution in [-0.4, -0.2) is 37.2 Å². The highest BCUT2D eigenvalue weighted by Gasteiger charge is 2.36. The van der Waals surface area contributed by atoms with Gasteiger partial charge in [0.15, 0.2) is 9.84 Å². The van der Waals surface area contributed by atoms with Gasteiger partial charge in [0, 0.05) is 6.42 Å². The van der Waals surface area contributed by atoms with Gasteiger partial charge >= 0.3 is 0 Å². The van der Waals surface area contributed by atoms with Crippen LogP contribution in [0.25, 0.3) is 0 Å². The van der Waals surface area contributed by atoms with Crippen LogP contribution in [0.1, 0.15) is 13.3 Å². The second-order valence-corrected chi connectivity index (χ2v) is 5.83. The Bertz CT molecular complexity index is 301. The molecule has 1 rings (SSSR count). The molecule has 1 aliphatic heterocycles. The SMILES string of the molecule is CCC(=O)N[C@@H]1CS(=O)(=O)C[C@@H]1Cl. The Morgan fingerprint density at radius 2 is 2.15 bits per heavy atom. The summed E-state index contributed by atoms with van der Waals surface area (Å²) in [6, 6.07) is -0.417. The van der Waals surface area contributed by atoms with Gasteiger partial charge in [0.25, 0.3) is 0 Å². The molecular weight excluding hydrogens is 214 g/mol. The van der Waals surface area contributed by atoms with Gasteiger partial charge in [-0.25, -0.2) is 8.42 Å². The van der Waals surface area contributed by atoms with Crippen LogP contribution >= 0.6 is 11.6 Å². The predicted molar refractivity (Wildman–Crippen MR) is 50.5 cm³/mol. The van der Waals surface area contributed by atoms with E-state index in [1.54, 1.807) is 6.92 Å².